The summed E-state index contributed by atoms with van der Waals surface area (Å²) in [6.45, 7) is 0. The molecule has 1 aromatic heterocycles. The topological polar surface area (TPSA) is 91.0 Å². The molecule has 3 aromatic rings. The molecule has 8 nitrogen and oxygen atoms in total. The van der Waals surface area contributed by atoms with Crippen molar-refractivity contribution in [3.63, 3.8) is 0 Å². The lowest BCUT2D eigenvalue weighted by molar-refractivity contribution is 0.324. The number of hydrogen-bond acceptors (Lipinski definition) is 8. The quantitative estimate of drug-likeness (QED) is 0.706. The molecule has 9 heteroatoms. The average molecular weight is 398 g/mol. The van der Waals surface area contributed by atoms with Crippen LogP contribution in [-0.4, -0.2) is 52.8 Å². The number of hydrogen-bond donors (Lipinski definition) is 1. The van der Waals surface area contributed by atoms with Crippen molar-refractivity contribution < 1.29 is 19.3 Å². The largest absolute Gasteiger partial charge is 0.508 e. The van der Waals surface area contributed by atoms with Gasteiger partial charge in [0.1, 0.15) is 5.75 Å². The molecule has 0 amide bonds. The van der Waals surface area contributed by atoms with Crippen LogP contribution in [0.3, 0.4) is 0 Å². The first-order valence-electron chi connectivity index (χ1n) is 8.40. The highest BCUT2D eigenvalue weighted by Gasteiger charge is 2.23. The highest BCUT2D eigenvalue weighted by atomic mass is 32.2. The van der Waals surface area contributed by atoms with Gasteiger partial charge in [0, 0.05) is 11.3 Å². The molecule has 1 N–H and O–H groups in total. The number of nitrogens with zero attached hydrogens (tertiary/aromatic N) is 4. The summed E-state index contributed by atoms with van der Waals surface area (Å²) in [5.41, 5.74) is 2.54. The summed E-state index contributed by atoms with van der Waals surface area (Å²) in [5.74, 6) is 3.02. The number of thioether (sulfide) groups is 1. The Morgan fingerprint density at radius 2 is 1.61 bits per heavy atom. The van der Waals surface area contributed by atoms with Crippen molar-refractivity contribution in [3.05, 3.63) is 42.0 Å². The van der Waals surface area contributed by atoms with Gasteiger partial charge in [-0.25, -0.2) is 0 Å². The van der Waals surface area contributed by atoms with Crippen molar-refractivity contribution in [2.45, 2.75) is 5.16 Å². The van der Waals surface area contributed by atoms with Crippen LogP contribution in [0.5, 0.6) is 23.0 Å². The van der Waals surface area contributed by atoms with Gasteiger partial charge in [-0.15, -0.1) is 10.2 Å². The molecule has 0 saturated carbocycles. The predicted octanol–water partition coefficient (Wildman–Crippen LogP) is 3.03. The molecule has 4 rings (SSSR count). The third-order valence-electron chi connectivity index (χ3n) is 4.29. The molecule has 1 aliphatic heterocycles. The van der Waals surface area contributed by atoms with Gasteiger partial charge >= 0.3 is 0 Å². The second-order valence-electron chi connectivity index (χ2n) is 5.91. The Balaban J connectivity index is 1.81. The Labute approximate surface area is 165 Å². The van der Waals surface area contributed by atoms with E-state index >= 15 is 0 Å². The zero-order valence-corrected chi connectivity index (χ0v) is 16.4. The second-order valence-corrected chi connectivity index (χ2v) is 6.86. The minimum Gasteiger partial charge on any atom is -0.508 e. The normalized spacial score (nSPS) is 12.9. The first-order chi connectivity index (χ1) is 13.6. The van der Waals surface area contributed by atoms with Crippen LogP contribution in [0.4, 0.5) is 0 Å². The lowest BCUT2D eigenvalue weighted by Crippen LogP contribution is -2.13. The number of fused-ring (bicyclic) bond motifs is 1. The third-order valence-corrected chi connectivity index (χ3v) is 5.22. The van der Waals surface area contributed by atoms with Gasteiger partial charge in [-0.2, -0.15) is 9.78 Å². The molecule has 1 aliphatic rings. The summed E-state index contributed by atoms with van der Waals surface area (Å²) in [6.07, 6.45) is 0. The molecule has 0 unspecified atom stereocenters. The van der Waals surface area contributed by atoms with E-state index in [0.717, 1.165) is 16.8 Å². The Bertz CT molecular complexity index is 1020. The summed E-state index contributed by atoms with van der Waals surface area (Å²) >= 11 is 1.55. The monoisotopic (exact) mass is 398 g/mol. The van der Waals surface area contributed by atoms with Crippen LogP contribution in [0.2, 0.25) is 0 Å². The smallest absolute Gasteiger partial charge is 0.212 e. The van der Waals surface area contributed by atoms with Crippen molar-refractivity contribution in [2.75, 3.05) is 27.1 Å². The van der Waals surface area contributed by atoms with Crippen molar-refractivity contribution in [1.82, 2.24) is 14.9 Å². The minimum absolute atomic E-state index is 0.218. The van der Waals surface area contributed by atoms with E-state index in [9.17, 15) is 5.11 Å². The van der Waals surface area contributed by atoms with Crippen LogP contribution >= 0.6 is 11.8 Å². The molecule has 0 spiro atoms. The van der Waals surface area contributed by atoms with Gasteiger partial charge < -0.3 is 19.3 Å². The highest BCUT2D eigenvalue weighted by Crippen LogP contribution is 2.41. The highest BCUT2D eigenvalue weighted by molar-refractivity contribution is 7.99. The predicted molar refractivity (Wildman–Crippen MR) is 106 cm³/mol. The fraction of sp³-hybridized carbons (Fsp3) is 0.211. The van der Waals surface area contributed by atoms with Crippen LogP contribution in [0.1, 0.15) is 5.56 Å². The van der Waals surface area contributed by atoms with Gasteiger partial charge in [-0.3, -0.25) is 0 Å². The van der Waals surface area contributed by atoms with Crippen LogP contribution in [-0.2, 0) is 0 Å². The van der Waals surface area contributed by atoms with Gasteiger partial charge in [0.25, 0.3) is 0 Å². The Morgan fingerprint density at radius 3 is 2.21 bits per heavy atom. The average Bonchev–Trinajstić information content (AvgIpc) is 3.16. The summed E-state index contributed by atoms with van der Waals surface area (Å²) in [5, 5.41) is 23.5. The van der Waals surface area contributed by atoms with Gasteiger partial charge in [-0.05, 0) is 42.0 Å². The van der Waals surface area contributed by atoms with E-state index in [1.54, 1.807) is 49.9 Å². The van der Waals surface area contributed by atoms with E-state index in [1.807, 2.05) is 24.3 Å². The molecule has 0 aliphatic carbocycles. The number of phenols is 1. The van der Waals surface area contributed by atoms with Crippen molar-refractivity contribution >= 4 is 17.5 Å². The molecule has 0 atom stereocenters. The summed E-state index contributed by atoms with van der Waals surface area (Å²) in [6, 6.07) is 10.6. The zero-order chi connectivity index (χ0) is 19.7. The number of aromatic hydroxyl groups is 1. The lowest BCUT2D eigenvalue weighted by Gasteiger charge is -2.16. The Hall–Kier alpha value is -3.20. The van der Waals surface area contributed by atoms with Gasteiger partial charge in [0.15, 0.2) is 17.3 Å². The molecular weight excluding hydrogens is 380 g/mol. The van der Waals surface area contributed by atoms with E-state index in [2.05, 4.69) is 10.2 Å². The molecule has 0 bridgehead atoms. The molecule has 2 heterocycles. The molecule has 0 radical (unpaired) electrons. The molecule has 0 fully saturated rings. The van der Waals surface area contributed by atoms with Gasteiger partial charge in [0.2, 0.25) is 10.9 Å². The van der Waals surface area contributed by atoms with Crippen LogP contribution in [0.15, 0.2) is 46.7 Å². The van der Waals surface area contributed by atoms with Gasteiger partial charge in [-0.1, -0.05) is 11.8 Å². The maximum atomic E-state index is 9.51. The van der Waals surface area contributed by atoms with E-state index in [-0.39, 0.29) is 5.75 Å². The molecule has 0 saturated heterocycles. The fourth-order valence-electron chi connectivity index (χ4n) is 2.91. The van der Waals surface area contributed by atoms with Crippen LogP contribution in [0.25, 0.3) is 11.4 Å². The maximum absolute atomic E-state index is 9.51. The minimum atomic E-state index is 0.218. The number of aromatic nitrogens is 3. The summed E-state index contributed by atoms with van der Waals surface area (Å²) < 4.78 is 18.0. The fourth-order valence-corrected chi connectivity index (χ4v) is 3.75. The van der Waals surface area contributed by atoms with E-state index in [4.69, 9.17) is 19.3 Å². The van der Waals surface area contributed by atoms with Crippen LogP contribution < -0.4 is 14.2 Å². The maximum Gasteiger partial charge on any atom is 0.212 e. The number of phenolic OH excluding ortho intramolecular Hbond substituents is 1. The first kappa shape index (κ1) is 18.2. The zero-order valence-electron chi connectivity index (χ0n) is 15.5. The number of benzene rings is 2. The number of ether oxygens (including phenoxy) is 3. The van der Waals surface area contributed by atoms with E-state index < -0.39 is 0 Å². The van der Waals surface area contributed by atoms with Crippen molar-refractivity contribution in [3.8, 4) is 34.4 Å². The summed E-state index contributed by atoms with van der Waals surface area (Å²) in [7, 11) is 4.69. The molecule has 144 valence electrons. The number of rotatable bonds is 5. The molecular formula is C19H18N4O4S. The molecule has 28 heavy (non-hydrogen) atoms. The van der Waals surface area contributed by atoms with Gasteiger partial charge in [0.05, 0.1) is 27.0 Å². The second kappa shape index (κ2) is 7.43. The van der Waals surface area contributed by atoms with E-state index in [0.29, 0.717) is 34.0 Å². The third kappa shape index (κ3) is 3.13. The first-order valence-corrected chi connectivity index (χ1v) is 9.39. The van der Waals surface area contributed by atoms with E-state index in [1.165, 1.54) is 0 Å². The summed E-state index contributed by atoms with van der Waals surface area (Å²) in [4.78, 5) is 0. The lowest BCUT2D eigenvalue weighted by atomic mass is 10.1. The SMILES string of the molecule is COc1cc(-c2nnc3n2N=C(c2ccc(O)cc2)CS3)cc(OC)c1OC. The Kier molecular flexibility index (Phi) is 4.82. The number of methoxy groups -OCH3 is 3. The molecule has 2 aromatic carbocycles. The van der Waals surface area contributed by atoms with Crippen molar-refractivity contribution in [2.24, 2.45) is 5.10 Å². The standard InChI is InChI=1S/C19H18N4O4S/c1-25-15-8-12(9-16(26-2)17(15)27-3)18-20-21-19-23(18)22-14(10-28-19)11-4-6-13(24)7-5-11/h4-9,24H,10H2,1-3H3. The van der Waals surface area contributed by atoms with Crippen molar-refractivity contribution in [1.29, 1.82) is 0 Å². The van der Waals surface area contributed by atoms with Crippen LogP contribution in [0, 0.1) is 0 Å². The Morgan fingerprint density at radius 1 is 0.929 bits per heavy atom.